The van der Waals surface area contributed by atoms with Gasteiger partial charge >= 0.3 is 5.97 Å². The Hall–Kier alpha value is -2.57. The Morgan fingerprint density at radius 2 is 1.93 bits per heavy atom. The summed E-state index contributed by atoms with van der Waals surface area (Å²) in [6.07, 6.45) is 1.63. The molecule has 1 saturated heterocycles. The minimum absolute atomic E-state index is 0.0418. The maximum Gasteiger partial charge on any atom is 0.312 e. The second-order valence-corrected chi connectivity index (χ2v) is 7.28. The Morgan fingerprint density at radius 3 is 2.52 bits per heavy atom. The van der Waals surface area contributed by atoms with Crippen LogP contribution in [0.25, 0.3) is 0 Å². The lowest BCUT2D eigenvalue weighted by Crippen LogP contribution is -2.47. The van der Waals surface area contributed by atoms with E-state index in [1.807, 2.05) is 31.2 Å². The first kappa shape index (κ1) is 22.7. The Bertz CT molecular complexity index is 704. The van der Waals surface area contributed by atoms with E-state index in [2.05, 4.69) is 12.2 Å². The third-order valence-corrected chi connectivity index (χ3v) is 5.23. The largest absolute Gasteiger partial charge is 0.497 e. The van der Waals surface area contributed by atoms with Crippen molar-refractivity contribution >= 4 is 17.8 Å². The molecule has 0 spiro atoms. The number of nitrogens with one attached hydrogen (secondary N) is 1. The number of hydrogen-bond donors (Lipinski definition) is 1. The van der Waals surface area contributed by atoms with E-state index in [0.29, 0.717) is 31.7 Å². The number of hydrogen-bond acceptors (Lipinski definition) is 5. The number of carbonyl (C=O) groups is 3. The van der Waals surface area contributed by atoms with Crippen LogP contribution in [0.15, 0.2) is 24.3 Å². The maximum absolute atomic E-state index is 13.0. The van der Waals surface area contributed by atoms with Crippen molar-refractivity contribution in [3.05, 3.63) is 29.8 Å². The summed E-state index contributed by atoms with van der Waals surface area (Å²) in [5.41, 5.74) is 0.863. The van der Waals surface area contributed by atoms with Crippen molar-refractivity contribution in [2.24, 2.45) is 5.92 Å². The number of piperidine rings is 1. The SMILES string of the molecule is CCCCN1C(=O)CC[C@@H](C(=O)O[C@@H](C)C(=O)NCC)[C@@H]1c1ccc(OC)cc1. The quantitative estimate of drug-likeness (QED) is 0.640. The van der Waals surface area contributed by atoms with E-state index in [4.69, 9.17) is 9.47 Å². The van der Waals surface area contributed by atoms with Crippen molar-refractivity contribution in [3.8, 4) is 5.75 Å². The number of rotatable bonds is 9. The monoisotopic (exact) mass is 404 g/mol. The van der Waals surface area contributed by atoms with Gasteiger partial charge in [0, 0.05) is 19.5 Å². The third-order valence-electron chi connectivity index (χ3n) is 5.23. The fraction of sp³-hybridized carbons (Fsp3) is 0.591. The normalized spacial score (nSPS) is 20.1. The van der Waals surface area contributed by atoms with Crippen LogP contribution in [0.2, 0.25) is 0 Å². The van der Waals surface area contributed by atoms with Crippen LogP contribution in [0.4, 0.5) is 0 Å². The number of likely N-dealkylation sites (N-methyl/N-ethyl adjacent to an activating group) is 1. The van der Waals surface area contributed by atoms with Gasteiger partial charge in [-0.1, -0.05) is 25.5 Å². The van der Waals surface area contributed by atoms with Crippen molar-refractivity contribution in [2.45, 2.75) is 58.6 Å². The smallest absolute Gasteiger partial charge is 0.312 e. The minimum Gasteiger partial charge on any atom is -0.497 e. The highest BCUT2D eigenvalue weighted by Crippen LogP contribution is 2.38. The van der Waals surface area contributed by atoms with Gasteiger partial charge in [-0.15, -0.1) is 0 Å². The summed E-state index contributed by atoms with van der Waals surface area (Å²) < 4.78 is 10.7. The molecular formula is C22H32N2O5. The number of nitrogens with zero attached hydrogens (tertiary/aromatic N) is 1. The van der Waals surface area contributed by atoms with E-state index in [1.54, 1.807) is 18.9 Å². The average Bonchev–Trinajstić information content (AvgIpc) is 2.72. The molecule has 1 aromatic rings. The summed E-state index contributed by atoms with van der Waals surface area (Å²) >= 11 is 0. The number of benzene rings is 1. The van der Waals surface area contributed by atoms with Crippen LogP contribution in [-0.4, -0.2) is 49.0 Å². The maximum atomic E-state index is 13.0. The molecule has 0 aromatic heterocycles. The van der Waals surface area contributed by atoms with Gasteiger partial charge in [0.15, 0.2) is 6.10 Å². The molecule has 7 heteroatoms. The number of methoxy groups -OCH3 is 1. The number of esters is 1. The van der Waals surface area contributed by atoms with Crippen LogP contribution < -0.4 is 10.1 Å². The van der Waals surface area contributed by atoms with E-state index < -0.39 is 24.0 Å². The molecule has 0 aliphatic carbocycles. The standard InChI is InChI=1S/C22H32N2O5/c1-5-7-14-24-19(25)13-12-18(22(27)29-15(3)21(26)23-6-2)20(24)16-8-10-17(28-4)11-9-16/h8-11,15,18,20H,5-7,12-14H2,1-4H3,(H,23,26)/t15-,18+,20-/m0/s1. The molecule has 7 nitrogen and oxygen atoms in total. The molecule has 0 radical (unpaired) electrons. The number of unbranched alkanes of at least 4 members (excludes halogenated alkanes) is 1. The summed E-state index contributed by atoms with van der Waals surface area (Å²) in [4.78, 5) is 39.4. The molecule has 1 N–H and O–H groups in total. The number of carbonyl (C=O) groups excluding carboxylic acids is 3. The van der Waals surface area contributed by atoms with Gasteiger partial charge in [0.05, 0.1) is 19.1 Å². The molecule has 2 amide bonds. The van der Waals surface area contributed by atoms with Crippen molar-refractivity contribution in [2.75, 3.05) is 20.2 Å². The molecule has 0 saturated carbocycles. The van der Waals surface area contributed by atoms with Crippen molar-refractivity contribution in [3.63, 3.8) is 0 Å². The fourth-order valence-corrected chi connectivity index (χ4v) is 3.64. The summed E-state index contributed by atoms with van der Waals surface area (Å²) in [5, 5.41) is 2.66. The Balaban J connectivity index is 2.29. The molecule has 160 valence electrons. The van der Waals surface area contributed by atoms with Gasteiger partial charge < -0.3 is 19.7 Å². The average molecular weight is 405 g/mol. The Labute approximate surface area is 172 Å². The molecule has 0 unspecified atom stereocenters. The molecule has 2 rings (SSSR count). The molecule has 1 aliphatic rings. The lowest BCUT2D eigenvalue weighted by Gasteiger charge is -2.40. The minimum atomic E-state index is -0.874. The van der Waals surface area contributed by atoms with E-state index in [1.165, 1.54) is 0 Å². The summed E-state index contributed by atoms with van der Waals surface area (Å²) in [6.45, 7) is 6.49. The van der Waals surface area contributed by atoms with Gasteiger partial charge in [-0.3, -0.25) is 14.4 Å². The van der Waals surface area contributed by atoms with Gasteiger partial charge in [0.1, 0.15) is 5.75 Å². The molecule has 0 bridgehead atoms. The van der Waals surface area contributed by atoms with E-state index in [-0.39, 0.29) is 11.8 Å². The van der Waals surface area contributed by atoms with Gasteiger partial charge in [-0.05, 0) is 44.4 Å². The number of likely N-dealkylation sites (tertiary alicyclic amines) is 1. The van der Waals surface area contributed by atoms with Gasteiger partial charge in [0.2, 0.25) is 5.91 Å². The molecule has 29 heavy (non-hydrogen) atoms. The zero-order chi connectivity index (χ0) is 21.4. The van der Waals surface area contributed by atoms with Crippen LogP contribution in [0.5, 0.6) is 5.75 Å². The Morgan fingerprint density at radius 1 is 1.24 bits per heavy atom. The lowest BCUT2D eigenvalue weighted by atomic mass is 9.84. The van der Waals surface area contributed by atoms with Crippen LogP contribution in [0.1, 0.15) is 58.1 Å². The predicted octanol–water partition coefficient (Wildman–Crippen LogP) is 2.84. The zero-order valence-electron chi connectivity index (χ0n) is 17.8. The Kier molecular flexibility index (Phi) is 8.49. The van der Waals surface area contributed by atoms with E-state index in [9.17, 15) is 14.4 Å². The van der Waals surface area contributed by atoms with Crippen LogP contribution >= 0.6 is 0 Å². The molecule has 1 fully saturated rings. The summed E-state index contributed by atoms with van der Waals surface area (Å²) in [6, 6.07) is 7.00. The van der Waals surface area contributed by atoms with Gasteiger partial charge in [0.25, 0.3) is 5.91 Å². The van der Waals surface area contributed by atoms with E-state index in [0.717, 1.165) is 18.4 Å². The van der Waals surface area contributed by atoms with Crippen LogP contribution in [0, 0.1) is 5.92 Å². The molecular weight excluding hydrogens is 372 g/mol. The van der Waals surface area contributed by atoms with Crippen LogP contribution in [0.3, 0.4) is 0 Å². The number of amides is 2. The second kappa shape index (κ2) is 10.8. The highest BCUT2D eigenvalue weighted by molar-refractivity contribution is 5.86. The van der Waals surface area contributed by atoms with Crippen LogP contribution in [-0.2, 0) is 19.1 Å². The van der Waals surface area contributed by atoms with Crippen molar-refractivity contribution in [1.29, 1.82) is 0 Å². The first-order valence-corrected chi connectivity index (χ1v) is 10.3. The third kappa shape index (κ3) is 5.71. The van der Waals surface area contributed by atoms with Crippen molar-refractivity contribution in [1.82, 2.24) is 10.2 Å². The highest BCUT2D eigenvalue weighted by atomic mass is 16.5. The zero-order valence-corrected chi connectivity index (χ0v) is 17.8. The fourth-order valence-electron chi connectivity index (χ4n) is 3.64. The lowest BCUT2D eigenvalue weighted by molar-refractivity contribution is -0.165. The first-order valence-electron chi connectivity index (χ1n) is 10.3. The summed E-state index contributed by atoms with van der Waals surface area (Å²) in [5.74, 6) is -0.537. The summed E-state index contributed by atoms with van der Waals surface area (Å²) in [7, 11) is 1.59. The highest BCUT2D eigenvalue weighted by Gasteiger charge is 2.42. The molecule has 1 aromatic carbocycles. The topological polar surface area (TPSA) is 84.9 Å². The van der Waals surface area contributed by atoms with Crippen molar-refractivity contribution < 1.29 is 23.9 Å². The van der Waals surface area contributed by atoms with Gasteiger partial charge in [-0.25, -0.2) is 0 Å². The number of ether oxygens (including phenoxy) is 2. The molecule has 1 heterocycles. The molecule has 3 atom stereocenters. The van der Waals surface area contributed by atoms with E-state index >= 15 is 0 Å². The predicted molar refractivity (Wildman–Crippen MR) is 109 cm³/mol. The second-order valence-electron chi connectivity index (χ2n) is 7.28. The molecule has 1 aliphatic heterocycles. The first-order chi connectivity index (χ1) is 13.9. The van der Waals surface area contributed by atoms with Gasteiger partial charge in [-0.2, -0.15) is 0 Å².